The zero-order valence-corrected chi connectivity index (χ0v) is 18.0. The fourth-order valence-corrected chi connectivity index (χ4v) is 3.86. The van der Waals surface area contributed by atoms with Crippen molar-refractivity contribution in [3.8, 4) is 0 Å². The van der Waals surface area contributed by atoms with Crippen LogP contribution in [0, 0.1) is 19.8 Å². The zero-order chi connectivity index (χ0) is 20.1. The van der Waals surface area contributed by atoms with Crippen molar-refractivity contribution in [3.63, 3.8) is 0 Å². The number of amides is 1. The van der Waals surface area contributed by atoms with Crippen molar-refractivity contribution in [1.82, 2.24) is 14.7 Å². The Labute approximate surface area is 169 Å². The number of aromatic nitrogens is 2. The van der Waals surface area contributed by atoms with E-state index in [1.807, 2.05) is 24.6 Å². The smallest absolute Gasteiger partial charge is 0.310 e. The molecule has 0 N–H and O–H groups in total. The Bertz CT molecular complexity index is 813. The topological polar surface area (TPSA) is 64.4 Å². The Hall–Kier alpha value is -1.86. The molecule has 27 heavy (non-hydrogen) atoms. The van der Waals surface area contributed by atoms with E-state index in [1.165, 1.54) is 16.2 Å². The highest BCUT2D eigenvalue weighted by Gasteiger charge is 2.18. The van der Waals surface area contributed by atoms with Crippen LogP contribution in [0.5, 0.6) is 0 Å². The summed E-state index contributed by atoms with van der Waals surface area (Å²) < 4.78 is 7.79. The molecule has 2 heterocycles. The van der Waals surface area contributed by atoms with E-state index < -0.39 is 5.97 Å². The number of thiophene rings is 1. The third-order valence-electron chi connectivity index (χ3n) is 4.19. The molecule has 0 atom stereocenters. The average Bonchev–Trinajstić information content (AvgIpc) is 3.10. The van der Waals surface area contributed by atoms with Gasteiger partial charge in [0.25, 0.3) is 5.91 Å². The standard InChI is InChI=1S/C19H26ClN3O3S/c1-12(2)9-23-14(4)16(13(3)21-23)8-19(25)26-11-18(24)22(5)10-15-6-7-17(20)27-15/h6-7,12H,8-11H2,1-5H3. The van der Waals surface area contributed by atoms with E-state index in [-0.39, 0.29) is 18.9 Å². The molecule has 1 amide bonds. The van der Waals surface area contributed by atoms with Crippen LogP contribution in [0.4, 0.5) is 0 Å². The molecule has 0 bridgehead atoms. The number of esters is 1. The van der Waals surface area contributed by atoms with Crippen LogP contribution in [-0.2, 0) is 33.8 Å². The van der Waals surface area contributed by atoms with Gasteiger partial charge in [0.05, 0.1) is 23.0 Å². The van der Waals surface area contributed by atoms with Crippen molar-refractivity contribution in [2.24, 2.45) is 5.92 Å². The Kier molecular flexibility index (Phi) is 7.44. The van der Waals surface area contributed by atoms with Gasteiger partial charge in [-0.1, -0.05) is 25.4 Å². The van der Waals surface area contributed by atoms with Crippen LogP contribution in [-0.4, -0.2) is 40.2 Å². The fourth-order valence-electron chi connectivity index (χ4n) is 2.72. The minimum Gasteiger partial charge on any atom is -0.455 e. The number of hydrogen-bond acceptors (Lipinski definition) is 5. The van der Waals surface area contributed by atoms with Crippen molar-refractivity contribution >= 4 is 34.8 Å². The van der Waals surface area contributed by atoms with Gasteiger partial charge < -0.3 is 9.64 Å². The summed E-state index contributed by atoms with van der Waals surface area (Å²) in [5.74, 6) is -0.211. The number of hydrogen-bond donors (Lipinski definition) is 0. The first-order chi connectivity index (χ1) is 12.7. The molecule has 2 rings (SSSR count). The summed E-state index contributed by atoms with van der Waals surface area (Å²) in [5.41, 5.74) is 2.66. The van der Waals surface area contributed by atoms with Crippen molar-refractivity contribution in [3.05, 3.63) is 38.3 Å². The average molecular weight is 412 g/mol. The number of halogens is 1. The molecule has 0 aliphatic rings. The SMILES string of the molecule is Cc1nn(CC(C)C)c(C)c1CC(=O)OCC(=O)N(C)Cc1ccc(Cl)s1. The zero-order valence-electron chi connectivity index (χ0n) is 16.4. The maximum absolute atomic E-state index is 12.2. The molecular formula is C19H26ClN3O3S. The first-order valence-electron chi connectivity index (χ1n) is 8.84. The van der Waals surface area contributed by atoms with Crippen molar-refractivity contribution in [1.29, 1.82) is 0 Å². The second kappa shape index (κ2) is 9.37. The number of ether oxygens (including phenoxy) is 1. The lowest BCUT2D eigenvalue weighted by molar-refractivity contribution is -0.151. The number of rotatable bonds is 8. The molecule has 0 radical (unpaired) electrons. The number of carbonyl (C=O) groups excluding carboxylic acids is 2. The monoisotopic (exact) mass is 411 g/mol. The summed E-state index contributed by atoms with van der Waals surface area (Å²) in [6, 6.07) is 3.67. The minimum atomic E-state index is -0.425. The molecule has 0 aromatic carbocycles. The van der Waals surface area contributed by atoms with Crippen molar-refractivity contribution in [2.75, 3.05) is 13.7 Å². The predicted molar refractivity (Wildman–Crippen MR) is 107 cm³/mol. The van der Waals surface area contributed by atoms with Gasteiger partial charge >= 0.3 is 5.97 Å². The molecule has 0 aliphatic heterocycles. The van der Waals surface area contributed by atoms with Gasteiger partial charge in [-0.3, -0.25) is 14.3 Å². The second-order valence-electron chi connectivity index (χ2n) is 7.02. The summed E-state index contributed by atoms with van der Waals surface area (Å²) in [5, 5.41) is 4.50. The van der Waals surface area contributed by atoms with E-state index >= 15 is 0 Å². The third-order valence-corrected chi connectivity index (χ3v) is 5.41. The van der Waals surface area contributed by atoms with E-state index in [1.54, 1.807) is 13.1 Å². The lowest BCUT2D eigenvalue weighted by Gasteiger charge is -2.16. The maximum atomic E-state index is 12.2. The lowest BCUT2D eigenvalue weighted by atomic mass is 10.1. The van der Waals surface area contributed by atoms with Crippen LogP contribution >= 0.6 is 22.9 Å². The fraction of sp³-hybridized carbons (Fsp3) is 0.526. The molecular weight excluding hydrogens is 386 g/mol. The largest absolute Gasteiger partial charge is 0.455 e. The molecule has 0 unspecified atom stereocenters. The summed E-state index contributed by atoms with van der Waals surface area (Å²) in [7, 11) is 1.67. The molecule has 0 fully saturated rings. The lowest BCUT2D eigenvalue weighted by Crippen LogP contribution is -2.30. The van der Waals surface area contributed by atoms with Gasteiger partial charge in [0.1, 0.15) is 0 Å². The molecule has 0 spiro atoms. The number of aryl methyl sites for hydroxylation is 1. The summed E-state index contributed by atoms with van der Waals surface area (Å²) in [4.78, 5) is 26.9. The van der Waals surface area contributed by atoms with Gasteiger partial charge in [-0.05, 0) is 31.9 Å². The van der Waals surface area contributed by atoms with Crippen LogP contribution < -0.4 is 0 Å². The van der Waals surface area contributed by atoms with Gasteiger partial charge in [0.2, 0.25) is 0 Å². The maximum Gasteiger partial charge on any atom is 0.310 e. The number of carbonyl (C=O) groups is 2. The van der Waals surface area contributed by atoms with E-state index in [9.17, 15) is 9.59 Å². The summed E-state index contributed by atoms with van der Waals surface area (Å²) >= 11 is 7.32. The quantitative estimate of drug-likeness (QED) is 0.622. The number of nitrogens with zero attached hydrogens (tertiary/aromatic N) is 3. The van der Waals surface area contributed by atoms with Gasteiger partial charge in [0, 0.05) is 29.7 Å². The molecule has 0 aliphatic carbocycles. The van der Waals surface area contributed by atoms with Crippen molar-refractivity contribution in [2.45, 2.75) is 47.2 Å². The minimum absolute atomic E-state index is 0.118. The van der Waals surface area contributed by atoms with Crippen LogP contribution in [0.3, 0.4) is 0 Å². The third kappa shape index (κ3) is 6.07. The van der Waals surface area contributed by atoms with Gasteiger partial charge in [0.15, 0.2) is 6.61 Å². The first kappa shape index (κ1) is 21.4. The molecule has 8 heteroatoms. The van der Waals surface area contributed by atoms with Crippen LogP contribution in [0.2, 0.25) is 4.34 Å². The Balaban J connectivity index is 1.87. The predicted octanol–water partition coefficient (Wildman–Crippen LogP) is 3.62. The highest BCUT2D eigenvalue weighted by Crippen LogP contribution is 2.22. The molecule has 148 valence electrons. The Morgan fingerprint density at radius 2 is 2.04 bits per heavy atom. The van der Waals surface area contributed by atoms with Crippen LogP contribution in [0.1, 0.15) is 35.7 Å². The Morgan fingerprint density at radius 1 is 1.33 bits per heavy atom. The summed E-state index contributed by atoms with van der Waals surface area (Å²) in [6.07, 6.45) is 0.118. The van der Waals surface area contributed by atoms with E-state index in [4.69, 9.17) is 16.3 Å². The molecule has 0 saturated carbocycles. The second-order valence-corrected chi connectivity index (χ2v) is 8.82. The molecule has 2 aromatic heterocycles. The normalized spacial score (nSPS) is 11.1. The Morgan fingerprint density at radius 3 is 2.63 bits per heavy atom. The molecule has 0 saturated heterocycles. The molecule has 2 aromatic rings. The van der Waals surface area contributed by atoms with E-state index in [0.717, 1.165) is 28.4 Å². The van der Waals surface area contributed by atoms with Gasteiger partial charge in [-0.25, -0.2) is 0 Å². The van der Waals surface area contributed by atoms with E-state index in [2.05, 4.69) is 18.9 Å². The molecule has 6 nitrogen and oxygen atoms in total. The van der Waals surface area contributed by atoms with Crippen LogP contribution in [0.15, 0.2) is 12.1 Å². The first-order valence-corrected chi connectivity index (χ1v) is 10.0. The van der Waals surface area contributed by atoms with E-state index in [0.29, 0.717) is 16.8 Å². The van der Waals surface area contributed by atoms with Crippen LogP contribution in [0.25, 0.3) is 0 Å². The summed E-state index contributed by atoms with van der Waals surface area (Å²) in [6.45, 7) is 9.05. The highest BCUT2D eigenvalue weighted by atomic mass is 35.5. The van der Waals surface area contributed by atoms with Gasteiger partial charge in [-0.2, -0.15) is 5.10 Å². The highest BCUT2D eigenvalue weighted by molar-refractivity contribution is 7.16. The number of likely N-dealkylation sites (N-methyl/N-ethyl adjacent to an activating group) is 1. The van der Waals surface area contributed by atoms with Crippen molar-refractivity contribution < 1.29 is 14.3 Å². The van der Waals surface area contributed by atoms with Gasteiger partial charge in [-0.15, -0.1) is 11.3 Å².